The number of ketones is 1. The molecule has 1 saturated heterocycles. The summed E-state index contributed by atoms with van der Waals surface area (Å²) in [7, 11) is 0. The molecule has 0 aliphatic carbocycles. The van der Waals surface area contributed by atoms with Crippen molar-refractivity contribution in [3.05, 3.63) is 23.3 Å². The monoisotopic (exact) mass is 364 g/mol. The molecule has 25 heavy (non-hydrogen) atoms. The molecule has 1 aromatic rings. The molecule has 0 saturated carbocycles. The minimum atomic E-state index is -0.760. The molecule has 0 amide bonds. The molecule has 3 rings (SSSR count). The van der Waals surface area contributed by atoms with E-state index in [2.05, 4.69) is 20.8 Å². The van der Waals surface area contributed by atoms with Gasteiger partial charge in [0, 0.05) is 4.90 Å². The average Bonchev–Trinajstić information content (AvgIpc) is 3.41. The molecule has 2 aliphatic heterocycles. The number of hydrogen-bond donors (Lipinski definition) is 0. The fraction of sp³-hybridized carbons (Fsp3) is 0.650. The second kappa shape index (κ2) is 8.11. The summed E-state index contributed by atoms with van der Waals surface area (Å²) in [5.41, 5.74) is 1.88. The molecule has 2 heterocycles. The van der Waals surface area contributed by atoms with E-state index in [1.165, 1.54) is 36.1 Å². The van der Waals surface area contributed by atoms with E-state index < -0.39 is 6.29 Å². The van der Waals surface area contributed by atoms with Crippen LogP contribution in [0.5, 0.6) is 5.75 Å². The summed E-state index contributed by atoms with van der Waals surface area (Å²) in [4.78, 5) is 23.3. The van der Waals surface area contributed by atoms with Crippen LogP contribution in [0.3, 0.4) is 0 Å². The lowest BCUT2D eigenvalue weighted by molar-refractivity contribution is 0.0850. The van der Waals surface area contributed by atoms with Gasteiger partial charge in [-0.25, -0.2) is 0 Å². The summed E-state index contributed by atoms with van der Waals surface area (Å²) in [6, 6.07) is 4.05. The quantitative estimate of drug-likeness (QED) is 0.258. The Bertz CT molecular complexity index is 622. The number of rotatable bonds is 9. The van der Waals surface area contributed by atoms with Crippen LogP contribution in [0.15, 0.2) is 17.0 Å². The van der Waals surface area contributed by atoms with Gasteiger partial charge in [0.05, 0.1) is 12.2 Å². The first-order valence-electron chi connectivity index (χ1n) is 9.33. The number of carbonyl (C=O) groups is 1. The maximum Gasteiger partial charge on any atom is 0.286 e. The zero-order valence-corrected chi connectivity index (χ0v) is 16.2. The molecule has 0 unspecified atom stereocenters. The zero-order chi connectivity index (χ0) is 17.9. The Balaban J connectivity index is 1.77. The third kappa shape index (κ3) is 4.57. The maximum atomic E-state index is 12.6. The van der Waals surface area contributed by atoms with Gasteiger partial charge in [0.15, 0.2) is 0 Å². The van der Waals surface area contributed by atoms with Gasteiger partial charge in [0.25, 0.3) is 6.29 Å². The largest absolute Gasteiger partial charge is 0.493 e. The number of benzene rings is 1. The lowest BCUT2D eigenvalue weighted by Gasteiger charge is -2.32. The van der Waals surface area contributed by atoms with Gasteiger partial charge in [0.2, 0.25) is 5.78 Å². The Kier molecular flexibility index (Phi) is 6.08. The molecule has 0 atom stereocenters. The van der Waals surface area contributed by atoms with Gasteiger partial charge in [-0.2, -0.15) is 9.78 Å². The van der Waals surface area contributed by atoms with Crippen molar-refractivity contribution in [1.29, 1.82) is 0 Å². The van der Waals surface area contributed by atoms with Gasteiger partial charge in [-0.3, -0.25) is 4.79 Å². The maximum absolute atomic E-state index is 12.6. The second-order valence-electron chi connectivity index (χ2n) is 7.48. The molecular weight excluding hydrogens is 336 g/mol. The number of thioether (sulfide) groups is 1. The SMILES string of the molecule is CCCCCCCOc1cc2c(cc1C(=O)C1OO1)C(C)(C)CCS2. The van der Waals surface area contributed by atoms with E-state index in [9.17, 15) is 4.79 Å². The van der Waals surface area contributed by atoms with E-state index in [-0.39, 0.29) is 11.2 Å². The molecule has 2 aliphatic rings. The Morgan fingerprint density at radius 1 is 1.24 bits per heavy atom. The van der Waals surface area contributed by atoms with Crippen LogP contribution in [-0.4, -0.2) is 24.4 Å². The highest BCUT2D eigenvalue weighted by molar-refractivity contribution is 7.99. The fourth-order valence-electron chi connectivity index (χ4n) is 3.20. The molecule has 0 spiro atoms. The highest BCUT2D eigenvalue weighted by Crippen LogP contribution is 2.44. The number of unbranched alkanes of at least 4 members (excludes halogenated alkanes) is 4. The smallest absolute Gasteiger partial charge is 0.286 e. The first-order valence-corrected chi connectivity index (χ1v) is 10.3. The highest BCUT2D eigenvalue weighted by Gasteiger charge is 2.39. The molecule has 1 fully saturated rings. The summed E-state index contributed by atoms with van der Waals surface area (Å²) in [6.07, 6.45) is 6.27. The summed E-state index contributed by atoms with van der Waals surface area (Å²) < 4.78 is 6.01. The lowest BCUT2D eigenvalue weighted by atomic mass is 9.80. The van der Waals surface area contributed by atoms with Crippen molar-refractivity contribution >= 4 is 17.5 Å². The molecule has 0 bridgehead atoms. The Labute approximate surface area is 154 Å². The molecular formula is C20H28O4S. The van der Waals surface area contributed by atoms with Gasteiger partial charge in [-0.1, -0.05) is 46.5 Å². The van der Waals surface area contributed by atoms with E-state index in [4.69, 9.17) is 14.5 Å². The van der Waals surface area contributed by atoms with Crippen molar-refractivity contribution in [2.75, 3.05) is 12.4 Å². The number of ether oxygens (including phenoxy) is 1. The Morgan fingerprint density at radius 2 is 2.00 bits per heavy atom. The summed E-state index contributed by atoms with van der Waals surface area (Å²) in [6.45, 7) is 7.32. The normalized spacial score (nSPS) is 18.7. The summed E-state index contributed by atoms with van der Waals surface area (Å²) in [5.74, 6) is 1.62. The first kappa shape index (κ1) is 18.7. The number of carbonyl (C=O) groups excluding carboxylic acids is 1. The van der Waals surface area contributed by atoms with Crippen LogP contribution in [0, 0.1) is 0 Å². The van der Waals surface area contributed by atoms with Crippen LogP contribution in [0.25, 0.3) is 0 Å². The Hall–Kier alpha value is -1.04. The van der Waals surface area contributed by atoms with E-state index in [0.717, 1.165) is 18.6 Å². The fourth-order valence-corrected chi connectivity index (χ4v) is 4.72. The third-order valence-electron chi connectivity index (χ3n) is 4.97. The summed E-state index contributed by atoms with van der Waals surface area (Å²) >= 11 is 1.85. The molecule has 138 valence electrons. The first-order chi connectivity index (χ1) is 12.0. The standard InChI is InChI=1S/C20H28O4S/c1-4-5-6-7-8-10-22-16-13-17-15(20(2,3)9-11-25-17)12-14(16)18(21)19-23-24-19/h12-13,19H,4-11H2,1-3H3. The van der Waals surface area contributed by atoms with Crippen molar-refractivity contribution in [2.24, 2.45) is 0 Å². The highest BCUT2D eigenvalue weighted by atomic mass is 32.2. The van der Waals surface area contributed by atoms with Crippen molar-refractivity contribution in [3.8, 4) is 5.75 Å². The van der Waals surface area contributed by atoms with Crippen molar-refractivity contribution in [1.82, 2.24) is 0 Å². The summed E-state index contributed by atoms with van der Waals surface area (Å²) in [5, 5.41) is 0. The number of Topliss-reactive ketones (excluding diaryl/α,β-unsaturated/α-hetero) is 1. The van der Waals surface area contributed by atoms with Gasteiger partial charge < -0.3 is 4.74 Å². The lowest BCUT2D eigenvalue weighted by Crippen LogP contribution is -2.24. The molecule has 1 aromatic carbocycles. The molecule has 0 radical (unpaired) electrons. The van der Waals surface area contributed by atoms with E-state index in [1.807, 2.05) is 23.9 Å². The van der Waals surface area contributed by atoms with Gasteiger partial charge in [-0.05, 0) is 41.7 Å². The molecule has 0 aromatic heterocycles. The third-order valence-corrected chi connectivity index (χ3v) is 6.03. The molecule has 4 nitrogen and oxygen atoms in total. The Morgan fingerprint density at radius 3 is 2.72 bits per heavy atom. The molecule has 0 N–H and O–H groups in total. The van der Waals surface area contributed by atoms with Gasteiger partial charge in [-0.15, -0.1) is 11.8 Å². The van der Waals surface area contributed by atoms with Crippen molar-refractivity contribution in [2.45, 2.75) is 75.9 Å². The second-order valence-corrected chi connectivity index (χ2v) is 8.61. The predicted molar refractivity (Wildman–Crippen MR) is 99.4 cm³/mol. The van der Waals surface area contributed by atoms with Gasteiger partial charge in [0.1, 0.15) is 5.75 Å². The number of fused-ring (bicyclic) bond motifs is 1. The van der Waals surface area contributed by atoms with Crippen molar-refractivity contribution in [3.63, 3.8) is 0 Å². The molecule has 5 heteroatoms. The topological polar surface area (TPSA) is 51.4 Å². The van der Waals surface area contributed by atoms with E-state index in [1.54, 1.807) is 0 Å². The minimum absolute atomic E-state index is 0.0690. The van der Waals surface area contributed by atoms with Crippen LogP contribution in [0.2, 0.25) is 0 Å². The van der Waals surface area contributed by atoms with E-state index in [0.29, 0.717) is 17.9 Å². The van der Waals surface area contributed by atoms with E-state index >= 15 is 0 Å². The predicted octanol–water partition coefficient (Wildman–Crippen LogP) is 5.28. The van der Waals surface area contributed by atoms with Crippen LogP contribution in [0.1, 0.15) is 75.2 Å². The van der Waals surface area contributed by atoms with Crippen LogP contribution in [-0.2, 0) is 15.2 Å². The van der Waals surface area contributed by atoms with Crippen molar-refractivity contribution < 1.29 is 19.3 Å². The minimum Gasteiger partial charge on any atom is -0.493 e. The van der Waals surface area contributed by atoms with Crippen LogP contribution in [0.4, 0.5) is 0 Å². The zero-order valence-electron chi connectivity index (χ0n) is 15.4. The van der Waals surface area contributed by atoms with Crippen LogP contribution >= 0.6 is 11.8 Å². The average molecular weight is 365 g/mol. The van der Waals surface area contributed by atoms with Gasteiger partial charge >= 0.3 is 0 Å². The number of hydrogen-bond acceptors (Lipinski definition) is 5. The van der Waals surface area contributed by atoms with Crippen LogP contribution < -0.4 is 4.74 Å².